The molecule has 1 aromatic rings. The summed E-state index contributed by atoms with van der Waals surface area (Å²) in [5, 5.41) is 24.3. The molecule has 1 aromatic carbocycles. The van der Waals surface area contributed by atoms with E-state index in [1.165, 1.54) is 17.0 Å². The summed E-state index contributed by atoms with van der Waals surface area (Å²) in [5.74, 6) is 0. The van der Waals surface area contributed by atoms with Crippen LogP contribution in [0.1, 0.15) is 0 Å². The molecule has 2 N–H and O–H groups in total. The molecule has 98 valence electrons. The van der Waals surface area contributed by atoms with Crippen molar-refractivity contribution in [1.29, 1.82) is 0 Å². The molecule has 0 saturated carbocycles. The second-order valence-electron chi connectivity index (χ2n) is 4.10. The molecule has 8 heteroatoms. The maximum absolute atomic E-state index is 10.8. The summed E-state index contributed by atoms with van der Waals surface area (Å²) < 4.78 is 0. The summed E-state index contributed by atoms with van der Waals surface area (Å²) in [5.41, 5.74) is -0.268. The molecule has 18 heavy (non-hydrogen) atoms. The van der Waals surface area contributed by atoms with E-state index in [0.717, 1.165) is 12.6 Å². The van der Waals surface area contributed by atoms with Crippen LogP contribution in [0.2, 0.25) is 0 Å². The van der Waals surface area contributed by atoms with E-state index >= 15 is 0 Å². The first-order valence-electron chi connectivity index (χ1n) is 5.37. The molecule has 0 aromatic heterocycles. The second-order valence-corrected chi connectivity index (χ2v) is 4.10. The van der Waals surface area contributed by atoms with Crippen molar-refractivity contribution in [2.45, 2.75) is 0 Å². The number of nitro groups is 2. The van der Waals surface area contributed by atoms with Crippen molar-refractivity contribution in [1.82, 2.24) is 0 Å². The van der Waals surface area contributed by atoms with Gasteiger partial charge >= 0.3 is 0 Å². The topological polar surface area (TPSA) is 103 Å². The Morgan fingerprint density at radius 2 is 1.89 bits per heavy atom. The summed E-state index contributed by atoms with van der Waals surface area (Å²) in [7, 11) is 3.93. The van der Waals surface area contributed by atoms with Crippen LogP contribution < -0.4 is 10.2 Å². The highest BCUT2D eigenvalue weighted by molar-refractivity contribution is 5.65. The van der Waals surface area contributed by atoms with Crippen LogP contribution in [0.15, 0.2) is 18.2 Å². The summed E-state index contributed by atoms with van der Waals surface area (Å²) >= 11 is 0. The molecule has 1 rings (SSSR count). The Morgan fingerprint density at radius 1 is 1.22 bits per heavy atom. The quantitative estimate of drug-likeness (QED) is 0.552. The number of nitro benzene ring substituents is 2. The Kier molecular flexibility index (Phi) is 4.55. The van der Waals surface area contributed by atoms with Gasteiger partial charge in [0.05, 0.1) is 43.1 Å². The maximum atomic E-state index is 10.8. The fraction of sp³-hybridized carbons (Fsp3) is 0.400. The smallest absolute Gasteiger partial charge is 0.299 e. The number of benzene rings is 1. The molecule has 0 heterocycles. The summed E-state index contributed by atoms with van der Waals surface area (Å²) in [6, 6.07) is 3.57. The Balaban J connectivity index is 2.90. The maximum Gasteiger partial charge on any atom is 0.299 e. The van der Waals surface area contributed by atoms with E-state index < -0.39 is 9.85 Å². The van der Waals surface area contributed by atoms with Crippen LogP contribution in [0.3, 0.4) is 0 Å². The number of nitrogens with zero attached hydrogens (tertiary/aromatic N) is 2. The van der Waals surface area contributed by atoms with Gasteiger partial charge in [-0.2, -0.15) is 0 Å². The van der Waals surface area contributed by atoms with Gasteiger partial charge in [0, 0.05) is 6.07 Å². The third-order valence-corrected chi connectivity index (χ3v) is 2.33. The van der Waals surface area contributed by atoms with E-state index in [0.29, 0.717) is 12.2 Å². The second kappa shape index (κ2) is 5.92. The third kappa shape index (κ3) is 3.67. The predicted octanol–water partition coefficient (Wildman–Crippen LogP) is 0.0594. The standard InChI is InChI=1S/C10H14N4O4/c1-12(2)6-5-11-9-4-3-8(13(15)16)7-10(9)14(17)18/h3-4,7,11H,5-6H2,1-2H3/p+1. The van der Waals surface area contributed by atoms with Crippen LogP contribution in [0.25, 0.3) is 0 Å². The molecule has 0 amide bonds. The lowest BCUT2D eigenvalue weighted by Crippen LogP contribution is -3.06. The zero-order valence-corrected chi connectivity index (χ0v) is 10.2. The summed E-state index contributed by atoms with van der Waals surface area (Å²) in [4.78, 5) is 21.3. The molecule has 0 aliphatic heterocycles. The highest BCUT2D eigenvalue weighted by Crippen LogP contribution is 2.28. The van der Waals surface area contributed by atoms with Crippen LogP contribution >= 0.6 is 0 Å². The fourth-order valence-corrected chi connectivity index (χ4v) is 1.38. The highest BCUT2D eigenvalue weighted by Gasteiger charge is 2.19. The SMILES string of the molecule is C[NH+](C)CCNc1ccc([N+](=O)[O-])cc1[N+](=O)[O-]. The number of likely N-dealkylation sites (N-methyl/N-ethyl adjacent to an activating group) is 1. The van der Waals surface area contributed by atoms with Gasteiger partial charge in [0.15, 0.2) is 0 Å². The first kappa shape index (κ1) is 13.8. The normalized spacial score (nSPS) is 10.4. The predicted molar refractivity (Wildman–Crippen MR) is 65.9 cm³/mol. The lowest BCUT2D eigenvalue weighted by Gasteiger charge is -2.09. The number of nitrogens with one attached hydrogen (secondary N) is 2. The molecule has 0 aliphatic carbocycles. The summed E-state index contributed by atoms with van der Waals surface area (Å²) in [6.07, 6.45) is 0. The number of anilines is 1. The molecule has 0 bridgehead atoms. The molecule has 0 radical (unpaired) electrons. The molecule has 0 aliphatic rings. The van der Waals surface area contributed by atoms with E-state index in [9.17, 15) is 20.2 Å². The number of non-ortho nitro benzene ring substituents is 1. The van der Waals surface area contributed by atoms with E-state index in [1.807, 2.05) is 14.1 Å². The zero-order valence-electron chi connectivity index (χ0n) is 10.2. The molecule has 0 unspecified atom stereocenters. The van der Waals surface area contributed by atoms with Crippen molar-refractivity contribution in [3.63, 3.8) is 0 Å². The van der Waals surface area contributed by atoms with Crippen LogP contribution in [-0.2, 0) is 0 Å². The van der Waals surface area contributed by atoms with Crippen molar-refractivity contribution in [3.05, 3.63) is 38.4 Å². The molecule has 0 fully saturated rings. The zero-order chi connectivity index (χ0) is 13.7. The average molecular weight is 255 g/mol. The van der Waals surface area contributed by atoms with E-state index in [2.05, 4.69) is 5.32 Å². The average Bonchev–Trinajstić information content (AvgIpc) is 2.28. The largest absolute Gasteiger partial charge is 0.374 e. The van der Waals surface area contributed by atoms with Gasteiger partial charge in [-0.15, -0.1) is 0 Å². The van der Waals surface area contributed by atoms with Crippen molar-refractivity contribution < 1.29 is 14.7 Å². The van der Waals surface area contributed by atoms with Crippen molar-refractivity contribution in [2.24, 2.45) is 0 Å². The van der Waals surface area contributed by atoms with Crippen molar-refractivity contribution >= 4 is 17.1 Å². The minimum absolute atomic E-state index is 0.280. The molecular weight excluding hydrogens is 240 g/mol. The number of hydrogen-bond donors (Lipinski definition) is 2. The molecule has 0 spiro atoms. The van der Waals surface area contributed by atoms with Crippen molar-refractivity contribution in [3.8, 4) is 0 Å². The minimum atomic E-state index is -0.652. The van der Waals surface area contributed by atoms with Crippen LogP contribution in [0.5, 0.6) is 0 Å². The lowest BCUT2D eigenvalue weighted by molar-refractivity contribution is -0.856. The van der Waals surface area contributed by atoms with E-state index in [1.54, 1.807) is 0 Å². The lowest BCUT2D eigenvalue weighted by atomic mass is 10.2. The number of rotatable bonds is 6. The Bertz CT molecular complexity index is 461. The first-order chi connectivity index (χ1) is 8.41. The van der Waals surface area contributed by atoms with Gasteiger partial charge in [-0.25, -0.2) is 0 Å². The molecule has 0 saturated heterocycles. The number of hydrogen-bond acceptors (Lipinski definition) is 5. The van der Waals surface area contributed by atoms with Gasteiger partial charge in [-0.05, 0) is 6.07 Å². The van der Waals surface area contributed by atoms with Gasteiger partial charge in [0.1, 0.15) is 5.69 Å². The van der Waals surface area contributed by atoms with Gasteiger partial charge in [-0.1, -0.05) is 0 Å². The third-order valence-electron chi connectivity index (χ3n) is 2.33. The molecule has 0 atom stereocenters. The van der Waals surface area contributed by atoms with Gasteiger partial charge in [0.25, 0.3) is 11.4 Å². The Labute approximate surface area is 104 Å². The van der Waals surface area contributed by atoms with E-state index in [4.69, 9.17) is 0 Å². The molecular formula is C10H15N4O4+. The van der Waals surface area contributed by atoms with Crippen LogP contribution in [0.4, 0.5) is 17.1 Å². The minimum Gasteiger partial charge on any atom is -0.374 e. The van der Waals surface area contributed by atoms with Gasteiger partial charge in [0.2, 0.25) is 0 Å². The van der Waals surface area contributed by atoms with Gasteiger partial charge in [-0.3, -0.25) is 20.2 Å². The van der Waals surface area contributed by atoms with Crippen LogP contribution in [-0.4, -0.2) is 37.0 Å². The Hall–Kier alpha value is -2.22. The van der Waals surface area contributed by atoms with Crippen LogP contribution in [0, 0.1) is 20.2 Å². The number of quaternary nitrogens is 1. The highest BCUT2D eigenvalue weighted by atomic mass is 16.6. The molecule has 8 nitrogen and oxygen atoms in total. The Morgan fingerprint density at radius 3 is 2.39 bits per heavy atom. The monoisotopic (exact) mass is 255 g/mol. The van der Waals surface area contributed by atoms with Gasteiger partial charge < -0.3 is 10.2 Å². The first-order valence-corrected chi connectivity index (χ1v) is 5.37. The van der Waals surface area contributed by atoms with E-state index in [-0.39, 0.29) is 11.4 Å². The van der Waals surface area contributed by atoms with Crippen molar-refractivity contribution in [2.75, 3.05) is 32.5 Å². The summed E-state index contributed by atoms with van der Waals surface area (Å²) in [6.45, 7) is 1.34. The fourth-order valence-electron chi connectivity index (χ4n) is 1.38.